The average molecular weight is 379 g/mol. The van der Waals surface area contributed by atoms with E-state index in [1.807, 2.05) is 0 Å². The number of ether oxygens (including phenoxy) is 1. The molecule has 1 N–H and O–H groups in total. The number of Topliss-reactive ketones (excluding diaryl/α,β-unsaturated/α-hetero) is 1. The highest BCUT2D eigenvalue weighted by Crippen LogP contribution is 2.29. The van der Waals surface area contributed by atoms with Gasteiger partial charge in [0.15, 0.2) is 12.4 Å². The van der Waals surface area contributed by atoms with Gasteiger partial charge in [0, 0.05) is 5.56 Å². The zero-order valence-electron chi connectivity index (χ0n) is 14.1. The molecule has 0 spiro atoms. The Balaban J connectivity index is 1.78. The Hall–Kier alpha value is -3.16. The van der Waals surface area contributed by atoms with Crippen LogP contribution in [-0.2, 0) is 26.9 Å². The SMILES string of the molecule is O=C(Cc1ccccc1)NCC(=O)OCC(=O)c1cccc(C(F)(F)F)c1. The first-order chi connectivity index (χ1) is 12.8. The molecule has 0 fully saturated rings. The molecule has 0 saturated carbocycles. The highest BCUT2D eigenvalue weighted by molar-refractivity contribution is 5.98. The van der Waals surface area contributed by atoms with E-state index >= 15 is 0 Å². The molecular formula is C19H16F3NO4. The molecule has 142 valence electrons. The van der Waals surface area contributed by atoms with Gasteiger partial charge in [0.1, 0.15) is 6.54 Å². The van der Waals surface area contributed by atoms with E-state index in [1.54, 1.807) is 30.3 Å². The Kier molecular flexibility index (Phi) is 6.70. The van der Waals surface area contributed by atoms with Gasteiger partial charge in [0.05, 0.1) is 12.0 Å². The summed E-state index contributed by atoms with van der Waals surface area (Å²) in [4.78, 5) is 35.2. The van der Waals surface area contributed by atoms with Crippen LogP contribution in [0.2, 0.25) is 0 Å². The fourth-order valence-electron chi connectivity index (χ4n) is 2.16. The Morgan fingerprint density at radius 1 is 0.963 bits per heavy atom. The van der Waals surface area contributed by atoms with Gasteiger partial charge in [-0.15, -0.1) is 0 Å². The molecule has 0 aromatic heterocycles. The molecule has 0 aliphatic carbocycles. The third kappa shape index (κ3) is 6.58. The zero-order valence-corrected chi connectivity index (χ0v) is 14.1. The van der Waals surface area contributed by atoms with Crippen LogP contribution in [0.5, 0.6) is 0 Å². The van der Waals surface area contributed by atoms with Gasteiger partial charge in [-0.25, -0.2) is 0 Å². The molecule has 0 unspecified atom stereocenters. The predicted octanol–water partition coefficient (Wildman–Crippen LogP) is 2.79. The molecule has 0 bridgehead atoms. The van der Waals surface area contributed by atoms with Crippen LogP contribution in [0, 0.1) is 0 Å². The number of rotatable bonds is 7. The van der Waals surface area contributed by atoms with Crippen molar-refractivity contribution in [2.75, 3.05) is 13.2 Å². The monoisotopic (exact) mass is 379 g/mol. The minimum atomic E-state index is -4.57. The lowest BCUT2D eigenvalue weighted by Gasteiger charge is -2.09. The van der Waals surface area contributed by atoms with Crippen molar-refractivity contribution in [2.24, 2.45) is 0 Å². The van der Waals surface area contributed by atoms with Crippen molar-refractivity contribution in [3.8, 4) is 0 Å². The largest absolute Gasteiger partial charge is 0.456 e. The Bertz CT molecular complexity index is 819. The highest BCUT2D eigenvalue weighted by Gasteiger charge is 2.30. The number of carbonyl (C=O) groups excluding carboxylic acids is 3. The van der Waals surface area contributed by atoms with E-state index in [1.165, 1.54) is 6.07 Å². The summed E-state index contributed by atoms with van der Waals surface area (Å²) in [5.41, 5.74) is -0.415. The molecule has 27 heavy (non-hydrogen) atoms. The first-order valence-corrected chi connectivity index (χ1v) is 7.92. The maximum absolute atomic E-state index is 12.6. The number of hydrogen-bond acceptors (Lipinski definition) is 4. The number of halogens is 3. The number of benzene rings is 2. The summed E-state index contributed by atoms with van der Waals surface area (Å²) in [6, 6.07) is 12.7. The van der Waals surface area contributed by atoms with Crippen molar-refractivity contribution in [2.45, 2.75) is 12.6 Å². The van der Waals surface area contributed by atoms with Crippen LogP contribution < -0.4 is 5.32 Å². The number of alkyl halides is 3. The molecule has 0 aliphatic rings. The van der Waals surface area contributed by atoms with Gasteiger partial charge in [0.25, 0.3) is 0 Å². The van der Waals surface area contributed by atoms with Crippen molar-refractivity contribution in [1.29, 1.82) is 0 Å². The van der Waals surface area contributed by atoms with Gasteiger partial charge in [-0.05, 0) is 17.7 Å². The summed E-state index contributed by atoms with van der Waals surface area (Å²) in [7, 11) is 0. The summed E-state index contributed by atoms with van der Waals surface area (Å²) in [5, 5.41) is 2.35. The van der Waals surface area contributed by atoms with Gasteiger partial charge in [-0.2, -0.15) is 13.2 Å². The molecule has 2 aromatic carbocycles. The lowest BCUT2D eigenvalue weighted by atomic mass is 10.1. The standard InChI is InChI=1S/C19H16F3NO4/c20-19(21,22)15-8-4-7-14(10-15)16(24)12-27-18(26)11-23-17(25)9-13-5-2-1-3-6-13/h1-8,10H,9,11-12H2,(H,23,25). The minimum absolute atomic E-state index is 0.0806. The van der Waals surface area contributed by atoms with Crippen LogP contribution in [0.15, 0.2) is 54.6 Å². The molecule has 2 rings (SSSR count). The Morgan fingerprint density at radius 3 is 2.33 bits per heavy atom. The quantitative estimate of drug-likeness (QED) is 0.593. The average Bonchev–Trinajstić information content (AvgIpc) is 2.64. The van der Waals surface area contributed by atoms with E-state index in [0.29, 0.717) is 6.07 Å². The van der Waals surface area contributed by atoms with E-state index in [0.717, 1.165) is 17.7 Å². The van der Waals surface area contributed by atoms with E-state index in [9.17, 15) is 27.6 Å². The van der Waals surface area contributed by atoms with Crippen LogP contribution in [0.4, 0.5) is 13.2 Å². The first kappa shape index (κ1) is 20.2. The topological polar surface area (TPSA) is 72.5 Å². The van der Waals surface area contributed by atoms with E-state index in [-0.39, 0.29) is 12.0 Å². The van der Waals surface area contributed by atoms with Gasteiger partial charge < -0.3 is 10.1 Å². The number of nitrogens with one attached hydrogen (secondary N) is 1. The lowest BCUT2D eigenvalue weighted by molar-refractivity contribution is -0.142. The van der Waals surface area contributed by atoms with Crippen molar-refractivity contribution < 1.29 is 32.3 Å². The number of esters is 1. The minimum Gasteiger partial charge on any atom is -0.456 e. The molecule has 0 heterocycles. The zero-order chi connectivity index (χ0) is 19.9. The second-order valence-electron chi connectivity index (χ2n) is 5.60. The molecule has 0 aliphatic heterocycles. The summed E-state index contributed by atoms with van der Waals surface area (Å²) < 4.78 is 42.6. The summed E-state index contributed by atoms with van der Waals surface area (Å²) >= 11 is 0. The molecule has 0 saturated heterocycles. The Morgan fingerprint density at radius 2 is 1.67 bits per heavy atom. The fraction of sp³-hybridized carbons (Fsp3) is 0.211. The third-order valence-corrected chi connectivity index (χ3v) is 3.51. The molecule has 0 radical (unpaired) electrons. The molecule has 5 nitrogen and oxygen atoms in total. The second-order valence-corrected chi connectivity index (χ2v) is 5.60. The van der Waals surface area contributed by atoms with Crippen molar-refractivity contribution in [3.63, 3.8) is 0 Å². The molecule has 1 amide bonds. The first-order valence-electron chi connectivity index (χ1n) is 7.92. The highest BCUT2D eigenvalue weighted by atomic mass is 19.4. The third-order valence-electron chi connectivity index (χ3n) is 3.51. The molecular weight excluding hydrogens is 363 g/mol. The van der Waals surface area contributed by atoms with Crippen LogP contribution >= 0.6 is 0 Å². The smallest absolute Gasteiger partial charge is 0.416 e. The van der Waals surface area contributed by atoms with E-state index in [2.05, 4.69) is 5.32 Å². The van der Waals surface area contributed by atoms with Crippen LogP contribution in [0.3, 0.4) is 0 Å². The van der Waals surface area contributed by atoms with Gasteiger partial charge in [0.2, 0.25) is 5.91 Å². The van der Waals surface area contributed by atoms with Gasteiger partial charge in [-0.1, -0.05) is 42.5 Å². The van der Waals surface area contributed by atoms with E-state index < -0.39 is 42.6 Å². The normalized spacial score (nSPS) is 10.9. The van der Waals surface area contributed by atoms with Crippen molar-refractivity contribution in [3.05, 3.63) is 71.3 Å². The number of hydrogen-bond donors (Lipinski definition) is 1. The maximum Gasteiger partial charge on any atom is 0.416 e. The number of ketones is 1. The van der Waals surface area contributed by atoms with Crippen molar-refractivity contribution >= 4 is 17.7 Å². The molecule has 0 atom stereocenters. The number of carbonyl (C=O) groups is 3. The van der Waals surface area contributed by atoms with Crippen LogP contribution in [-0.4, -0.2) is 30.8 Å². The van der Waals surface area contributed by atoms with Crippen molar-refractivity contribution in [1.82, 2.24) is 5.32 Å². The lowest BCUT2D eigenvalue weighted by Crippen LogP contribution is -2.32. The molecule has 2 aromatic rings. The maximum atomic E-state index is 12.6. The predicted molar refractivity (Wildman–Crippen MR) is 89.9 cm³/mol. The number of amides is 1. The second kappa shape index (κ2) is 8.98. The summed E-state index contributed by atoms with van der Waals surface area (Å²) in [6.07, 6.45) is -4.49. The van der Waals surface area contributed by atoms with Crippen LogP contribution in [0.1, 0.15) is 21.5 Å². The summed E-state index contributed by atoms with van der Waals surface area (Å²) in [6.45, 7) is -1.16. The van der Waals surface area contributed by atoms with Gasteiger partial charge in [-0.3, -0.25) is 14.4 Å². The fourth-order valence-corrected chi connectivity index (χ4v) is 2.16. The van der Waals surface area contributed by atoms with Crippen LogP contribution in [0.25, 0.3) is 0 Å². The molecule has 8 heteroatoms. The van der Waals surface area contributed by atoms with E-state index in [4.69, 9.17) is 4.74 Å². The van der Waals surface area contributed by atoms with Gasteiger partial charge >= 0.3 is 12.1 Å². The Labute approximate surface area is 153 Å². The summed E-state index contributed by atoms with van der Waals surface area (Å²) in [5.74, 6) is -2.04.